The van der Waals surface area contributed by atoms with E-state index >= 15 is 0 Å². The van der Waals surface area contributed by atoms with Gasteiger partial charge in [0.25, 0.3) is 0 Å². The van der Waals surface area contributed by atoms with Crippen molar-refractivity contribution in [1.29, 1.82) is 0 Å². The minimum Gasteiger partial charge on any atom is -0.463 e. The zero-order valence-electron chi connectivity index (χ0n) is 9.80. The largest absolute Gasteiger partial charge is 0.463 e. The van der Waals surface area contributed by atoms with Crippen LogP contribution in [0.5, 0.6) is 0 Å². The molecule has 1 N–H and O–H groups in total. The van der Waals surface area contributed by atoms with Crippen LogP contribution in [0.4, 0.5) is 5.13 Å². The molecular formula is C10H11N3O3S2. The van der Waals surface area contributed by atoms with Crippen molar-refractivity contribution < 1.29 is 13.9 Å². The van der Waals surface area contributed by atoms with Gasteiger partial charge in [0, 0.05) is 7.05 Å². The predicted molar refractivity (Wildman–Crippen MR) is 69.1 cm³/mol. The zero-order chi connectivity index (χ0) is 13.0. The molecule has 0 saturated heterocycles. The molecule has 2 aromatic heterocycles. The lowest BCUT2D eigenvalue weighted by Gasteiger charge is -1.94. The molecule has 0 amide bonds. The molecule has 0 aromatic carbocycles. The third-order valence-corrected chi connectivity index (χ3v) is 4.10. The Hall–Kier alpha value is -1.54. The summed E-state index contributed by atoms with van der Waals surface area (Å²) in [6, 6.07) is 3.35. The molecule has 6 nitrogen and oxygen atoms in total. The maximum Gasteiger partial charge on any atom is 0.373 e. The number of carbonyl (C=O) groups is 1. The Bertz CT molecular complexity index is 538. The summed E-state index contributed by atoms with van der Waals surface area (Å²) >= 11 is 2.97. The van der Waals surface area contributed by atoms with Crippen molar-refractivity contribution in [3.63, 3.8) is 0 Å². The van der Waals surface area contributed by atoms with Gasteiger partial charge in [0.05, 0.1) is 12.9 Å². The number of hydrogen-bond acceptors (Lipinski definition) is 8. The number of hydrogen-bond donors (Lipinski definition) is 1. The summed E-state index contributed by atoms with van der Waals surface area (Å²) in [6.45, 7) is 0. The molecule has 0 atom stereocenters. The lowest BCUT2D eigenvalue weighted by atomic mass is 10.4. The summed E-state index contributed by atoms with van der Waals surface area (Å²) in [7, 11) is 3.11. The summed E-state index contributed by atoms with van der Waals surface area (Å²) in [5.74, 6) is 1.03. The highest BCUT2D eigenvalue weighted by Gasteiger charge is 2.12. The number of rotatable bonds is 5. The van der Waals surface area contributed by atoms with Gasteiger partial charge in [0.2, 0.25) is 10.9 Å². The molecule has 96 valence electrons. The van der Waals surface area contributed by atoms with Gasteiger partial charge in [0.15, 0.2) is 4.34 Å². The fraction of sp³-hybridized carbons (Fsp3) is 0.300. The van der Waals surface area contributed by atoms with Crippen LogP contribution in [0.2, 0.25) is 0 Å². The van der Waals surface area contributed by atoms with Crippen molar-refractivity contribution in [2.45, 2.75) is 10.1 Å². The Labute approximate surface area is 112 Å². The normalized spacial score (nSPS) is 10.3. The molecule has 0 spiro atoms. The fourth-order valence-electron chi connectivity index (χ4n) is 1.17. The van der Waals surface area contributed by atoms with E-state index < -0.39 is 5.97 Å². The number of furan rings is 1. The molecule has 0 aliphatic heterocycles. The summed E-state index contributed by atoms with van der Waals surface area (Å²) in [5.41, 5.74) is 0. The van der Waals surface area contributed by atoms with Gasteiger partial charge < -0.3 is 14.5 Å². The predicted octanol–water partition coefficient (Wildman–Crippen LogP) is 2.25. The first-order valence-corrected chi connectivity index (χ1v) is 6.84. The van der Waals surface area contributed by atoms with E-state index in [0.29, 0.717) is 11.5 Å². The van der Waals surface area contributed by atoms with Crippen LogP contribution in [0.3, 0.4) is 0 Å². The number of esters is 1. The number of methoxy groups -OCH3 is 1. The van der Waals surface area contributed by atoms with Crippen LogP contribution in [0.1, 0.15) is 16.3 Å². The van der Waals surface area contributed by atoms with E-state index in [9.17, 15) is 4.79 Å². The molecule has 2 rings (SSSR count). The smallest absolute Gasteiger partial charge is 0.373 e. The van der Waals surface area contributed by atoms with Crippen molar-refractivity contribution in [2.75, 3.05) is 19.5 Å². The molecule has 2 aromatic rings. The number of aromatic nitrogens is 2. The Morgan fingerprint density at radius 2 is 2.39 bits per heavy atom. The average Bonchev–Trinajstić information content (AvgIpc) is 3.04. The third-order valence-electron chi connectivity index (χ3n) is 2.01. The van der Waals surface area contributed by atoms with E-state index in [1.165, 1.54) is 30.2 Å². The topological polar surface area (TPSA) is 77.2 Å². The summed E-state index contributed by atoms with van der Waals surface area (Å²) < 4.78 is 10.7. The van der Waals surface area contributed by atoms with Crippen molar-refractivity contribution in [2.24, 2.45) is 0 Å². The van der Waals surface area contributed by atoms with Gasteiger partial charge in [-0.3, -0.25) is 0 Å². The minimum atomic E-state index is -0.473. The Balaban J connectivity index is 1.93. The molecule has 2 heterocycles. The lowest BCUT2D eigenvalue weighted by molar-refractivity contribution is 0.0563. The number of nitrogens with one attached hydrogen (secondary N) is 1. The van der Waals surface area contributed by atoms with Crippen LogP contribution in [0.15, 0.2) is 20.9 Å². The lowest BCUT2D eigenvalue weighted by Crippen LogP contribution is -1.98. The molecule has 0 fully saturated rings. The Kier molecular flexibility index (Phi) is 4.21. The standard InChI is InChI=1S/C10H11N3O3S2/c1-11-9-12-13-10(18-9)17-5-6-3-4-7(16-6)8(14)15-2/h3-4H,5H2,1-2H3,(H,11,12). The van der Waals surface area contributed by atoms with Gasteiger partial charge in [0.1, 0.15) is 5.76 Å². The number of anilines is 1. The molecule has 0 bridgehead atoms. The maximum atomic E-state index is 11.2. The Morgan fingerprint density at radius 3 is 3.06 bits per heavy atom. The fourth-order valence-corrected chi connectivity index (χ4v) is 2.77. The van der Waals surface area contributed by atoms with Crippen LogP contribution in [-0.4, -0.2) is 30.3 Å². The van der Waals surface area contributed by atoms with E-state index in [2.05, 4.69) is 20.3 Å². The van der Waals surface area contributed by atoms with Gasteiger partial charge in [-0.2, -0.15) is 0 Å². The van der Waals surface area contributed by atoms with Crippen molar-refractivity contribution >= 4 is 34.2 Å². The van der Waals surface area contributed by atoms with Crippen LogP contribution in [0.25, 0.3) is 0 Å². The molecular weight excluding hydrogens is 274 g/mol. The number of carbonyl (C=O) groups excluding carboxylic acids is 1. The molecule has 18 heavy (non-hydrogen) atoms. The Morgan fingerprint density at radius 1 is 1.56 bits per heavy atom. The molecule has 0 saturated carbocycles. The minimum absolute atomic E-state index is 0.210. The molecule has 0 unspecified atom stereocenters. The quantitative estimate of drug-likeness (QED) is 0.666. The number of thioether (sulfide) groups is 1. The van der Waals surface area contributed by atoms with Crippen LogP contribution < -0.4 is 5.32 Å². The van der Waals surface area contributed by atoms with Gasteiger partial charge in [-0.15, -0.1) is 10.2 Å². The maximum absolute atomic E-state index is 11.2. The van der Waals surface area contributed by atoms with Crippen LogP contribution in [0, 0.1) is 0 Å². The van der Waals surface area contributed by atoms with Crippen LogP contribution >= 0.6 is 23.1 Å². The van der Waals surface area contributed by atoms with Gasteiger partial charge >= 0.3 is 5.97 Å². The van der Waals surface area contributed by atoms with E-state index in [0.717, 1.165) is 9.47 Å². The number of nitrogens with zero attached hydrogens (tertiary/aromatic N) is 2. The first-order chi connectivity index (χ1) is 8.72. The second-order valence-electron chi connectivity index (χ2n) is 3.17. The summed E-state index contributed by atoms with van der Waals surface area (Å²) in [4.78, 5) is 11.2. The molecule has 0 radical (unpaired) electrons. The molecule has 0 aliphatic carbocycles. The van der Waals surface area contributed by atoms with Gasteiger partial charge in [-0.1, -0.05) is 23.1 Å². The average molecular weight is 285 g/mol. The monoisotopic (exact) mass is 285 g/mol. The van der Waals surface area contributed by atoms with Crippen molar-refractivity contribution in [1.82, 2.24) is 10.2 Å². The highest BCUT2D eigenvalue weighted by atomic mass is 32.2. The SMILES string of the molecule is CNc1nnc(SCc2ccc(C(=O)OC)o2)s1. The van der Waals surface area contributed by atoms with Crippen molar-refractivity contribution in [3.05, 3.63) is 23.7 Å². The first-order valence-electron chi connectivity index (χ1n) is 5.04. The zero-order valence-corrected chi connectivity index (χ0v) is 11.4. The second kappa shape index (κ2) is 5.87. The van der Waals surface area contributed by atoms with E-state index in [1.807, 2.05) is 0 Å². The van der Waals surface area contributed by atoms with E-state index in [-0.39, 0.29) is 5.76 Å². The summed E-state index contributed by atoms with van der Waals surface area (Å²) in [6.07, 6.45) is 0. The first kappa shape index (κ1) is 12.9. The van der Waals surface area contributed by atoms with E-state index in [1.54, 1.807) is 19.2 Å². The highest BCUT2D eigenvalue weighted by molar-refractivity contribution is 8.00. The highest BCUT2D eigenvalue weighted by Crippen LogP contribution is 2.28. The van der Waals surface area contributed by atoms with E-state index in [4.69, 9.17) is 4.42 Å². The number of ether oxygens (including phenoxy) is 1. The molecule has 8 heteroatoms. The second-order valence-corrected chi connectivity index (χ2v) is 5.37. The van der Waals surface area contributed by atoms with Crippen LogP contribution in [-0.2, 0) is 10.5 Å². The third kappa shape index (κ3) is 3.02. The molecule has 0 aliphatic rings. The summed E-state index contributed by atoms with van der Waals surface area (Å²) in [5, 5.41) is 11.6. The van der Waals surface area contributed by atoms with Gasteiger partial charge in [-0.05, 0) is 12.1 Å². The van der Waals surface area contributed by atoms with Crippen molar-refractivity contribution in [3.8, 4) is 0 Å². The van der Waals surface area contributed by atoms with Gasteiger partial charge in [-0.25, -0.2) is 4.79 Å².